The Morgan fingerprint density at radius 3 is 2.64 bits per heavy atom. The number of fused-ring (bicyclic) bond motifs is 1. The van der Waals surface area contributed by atoms with Crippen molar-refractivity contribution in [2.45, 2.75) is 27.3 Å². The van der Waals surface area contributed by atoms with Gasteiger partial charge >= 0.3 is 5.97 Å². The molecule has 0 spiro atoms. The first-order chi connectivity index (χ1) is 11.9. The van der Waals surface area contributed by atoms with Gasteiger partial charge in [-0.25, -0.2) is 4.98 Å². The van der Waals surface area contributed by atoms with Crippen LogP contribution in [0.2, 0.25) is 0 Å². The van der Waals surface area contributed by atoms with E-state index in [0.717, 1.165) is 15.3 Å². The van der Waals surface area contributed by atoms with Gasteiger partial charge in [-0.05, 0) is 38.5 Å². The molecule has 0 saturated heterocycles. The van der Waals surface area contributed by atoms with Crippen LogP contribution in [0, 0.1) is 20.8 Å². The highest BCUT2D eigenvalue weighted by atomic mass is 32.1. The third kappa shape index (κ3) is 3.54. The van der Waals surface area contributed by atoms with Crippen molar-refractivity contribution in [3.05, 3.63) is 49.0 Å². The summed E-state index contributed by atoms with van der Waals surface area (Å²) in [7, 11) is 0. The average molecular weight is 376 g/mol. The van der Waals surface area contributed by atoms with E-state index in [1.807, 2.05) is 26.8 Å². The zero-order chi connectivity index (χ0) is 18.1. The number of carbonyl (C=O) groups is 2. The number of aryl methyl sites for hydroxylation is 3. The molecule has 0 N–H and O–H groups in total. The molecule has 0 amide bonds. The van der Waals surface area contributed by atoms with Crippen LogP contribution >= 0.6 is 22.7 Å². The van der Waals surface area contributed by atoms with Crippen molar-refractivity contribution in [1.82, 2.24) is 9.55 Å². The number of esters is 1. The average Bonchev–Trinajstić information content (AvgIpc) is 3.12. The quantitative estimate of drug-likeness (QED) is 0.505. The highest BCUT2D eigenvalue weighted by molar-refractivity contribution is 7.18. The molecule has 0 aromatic carbocycles. The van der Waals surface area contributed by atoms with Crippen molar-refractivity contribution in [2.75, 3.05) is 6.61 Å². The lowest BCUT2D eigenvalue weighted by Gasteiger charge is -2.06. The number of rotatable bonds is 5. The summed E-state index contributed by atoms with van der Waals surface area (Å²) in [6.45, 7) is 5.09. The number of Topliss-reactive ketones (excluding diaryl/α,β-unsaturated/α-hetero) is 1. The monoisotopic (exact) mass is 376 g/mol. The second-order valence-electron chi connectivity index (χ2n) is 5.64. The van der Waals surface area contributed by atoms with Gasteiger partial charge in [0.25, 0.3) is 5.56 Å². The number of ketones is 1. The van der Waals surface area contributed by atoms with Crippen molar-refractivity contribution in [3.63, 3.8) is 0 Å². The first-order valence-electron chi connectivity index (χ1n) is 7.57. The summed E-state index contributed by atoms with van der Waals surface area (Å²) >= 11 is 2.80. The van der Waals surface area contributed by atoms with Gasteiger partial charge in [0.1, 0.15) is 11.4 Å². The molecule has 3 rings (SSSR count). The first kappa shape index (κ1) is 17.5. The third-order valence-corrected chi connectivity index (χ3v) is 5.99. The van der Waals surface area contributed by atoms with E-state index < -0.39 is 5.97 Å². The van der Waals surface area contributed by atoms with Gasteiger partial charge in [-0.2, -0.15) is 0 Å². The van der Waals surface area contributed by atoms with Crippen LogP contribution in [0.25, 0.3) is 10.2 Å². The molecule has 6 nitrogen and oxygen atoms in total. The molecule has 8 heteroatoms. The van der Waals surface area contributed by atoms with Gasteiger partial charge in [0.05, 0.1) is 16.6 Å². The van der Waals surface area contributed by atoms with E-state index in [1.54, 1.807) is 6.07 Å². The highest BCUT2D eigenvalue weighted by Crippen LogP contribution is 2.25. The normalized spacial score (nSPS) is 11.0. The molecule has 130 valence electrons. The van der Waals surface area contributed by atoms with Crippen molar-refractivity contribution < 1.29 is 14.3 Å². The smallest absolute Gasteiger partial charge is 0.326 e. The van der Waals surface area contributed by atoms with E-state index >= 15 is 0 Å². The SMILES string of the molecule is Cc1ccc(C(=O)COC(=O)Cn2cnc3sc(C)c(C)c3c2=O)s1. The van der Waals surface area contributed by atoms with Gasteiger partial charge in [-0.3, -0.25) is 19.0 Å². The van der Waals surface area contributed by atoms with Crippen molar-refractivity contribution >= 4 is 44.6 Å². The molecule has 0 aliphatic rings. The molecule has 0 radical (unpaired) electrons. The maximum atomic E-state index is 12.5. The number of thiophene rings is 2. The van der Waals surface area contributed by atoms with Crippen molar-refractivity contribution in [2.24, 2.45) is 0 Å². The van der Waals surface area contributed by atoms with Gasteiger partial charge < -0.3 is 4.74 Å². The van der Waals surface area contributed by atoms with Crippen molar-refractivity contribution in [1.29, 1.82) is 0 Å². The Morgan fingerprint density at radius 1 is 1.20 bits per heavy atom. The minimum absolute atomic E-state index is 0.253. The van der Waals surface area contributed by atoms with Gasteiger partial charge in [-0.15, -0.1) is 22.7 Å². The Kier molecular flexibility index (Phi) is 4.82. The van der Waals surface area contributed by atoms with Crippen LogP contribution in [-0.2, 0) is 16.1 Å². The fraction of sp³-hybridized carbons (Fsp3) is 0.294. The van der Waals surface area contributed by atoms with Crippen LogP contribution in [-0.4, -0.2) is 27.9 Å². The highest BCUT2D eigenvalue weighted by Gasteiger charge is 2.16. The number of aromatic nitrogens is 2. The molecule has 0 unspecified atom stereocenters. The zero-order valence-electron chi connectivity index (χ0n) is 14.0. The third-order valence-electron chi connectivity index (χ3n) is 3.83. The summed E-state index contributed by atoms with van der Waals surface area (Å²) < 4.78 is 6.22. The van der Waals surface area contributed by atoms with Crippen LogP contribution < -0.4 is 5.56 Å². The Morgan fingerprint density at radius 2 is 1.96 bits per heavy atom. The van der Waals surface area contributed by atoms with Gasteiger partial charge in [0.2, 0.25) is 5.78 Å². The summed E-state index contributed by atoms with van der Waals surface area (Å²) in [6.07, 6.45) is 1.34. The van der Waals surface area contributed by atoms with Crippen LogP contribution in [0.1, 0.15) is 25.0 Å². The molecule has 0 fully saturated rings. The topological polar surface area (TPSA) is 78.3 Å². The Labute approximate surface area is 151 Å². The predicted octanol–water partition coefficient (Wildman–Crippen LogP) is 2.87. The molecular formula is C17H16N2O4S2. The molecule has 0 aliphatic heterocycles. The maximum Gasteiger partial charge on any atom is 0.326 e. The van der Waals surface area contributed by atoms with Crippen molar-refractivity contribution in [3.8, 4) is 0 Å². The molecule has 3 aromatic heterocycles. The minimum Gasteiger partial charge on any atom is -0.456 e. The maximum absolute atomic E-state index is 12.5. The van der Waals surface area contributed by atoms with Crippen LogP contribution in [0.3, 0.4) is 0 Å². The lowest BCUT2D eigenvalue weighted by molar-refractivity contribution is -0.143. The number of hydrogen-bond donors (Lipinski definition) is 0. The van der Waals surface area contributed by atoms with Crippen LogP contribution in [0.15, 0.2) is 23.3 Å². The summed E-state index contributed by atoms with van der Waals surface area (Å²) in [5, 5.41) is 0.530. The molecule has 25 heavy (non-hydrogen) atoms. The summed E-state index contributed by atoms with van der Waals surface area (Å²) in [5.41, 5.74) is 0.604. The summed E-state index contributed by atoms with van der Waals surface area (Å²) in [4.78, 5) is 43.9. The fourth-order valence-electron chi connectivity index (χ4n) is 2.37. The largest absolute Gasteiger partial charge is 0.456 e. The van der Waals surface area contributed by atoms with E-state index in [9.17, 15) is 14.4 Å². The zero-order valence-corrected chi connectivity index (χ0v) is 15.6. The second kappa shape index (κ2) is 6.89. The fourth-order valence-corrected chi connectivity index (χ4v) is 4.15. The van der Waals surface area contributed by atoms with Crippen LogP contribution in [0.4, 0.5) is 0 Å². The lowest BCUT2D eigenvalue weighted by Crippen LogP contribution is -2.26. The molecule has 0 aliphatic carbocycles. The number of nitrogens with zero attached hydrogens (tertiary/aromatic N) is 2. The van der Waals surface area contributed by atoms with E-state index in [0.29, 0.717) is 15.1 Å². The van der Waals surface area contributed by atoms with Gasteiger partial charge in [0, 0.05) is 9.75 Å². The van der Waals surface area contributed by atoms with E-state index in [2.05, 4.69) is 4.98 Å². The molecule has 3 heterocycles. The Hall–Kier alpha value is -2.32. The van der Waals surface area contributed by atoms with Crippen LogP contribution in [0.5, 0.6) is 0 Å². The molecule has 0 saturated carbocycles. The van der Waals surface area contributed by atoms with E-state index in [-0.39, 0.29) is 24.5 Å². The van der Waals surface area contributed by atoms with Gasteiger partial charge in [-0.1, -0.05) is 0 Å². The Bertz CT molecular complexity index is 1030. The minimum atomic E-state index is -0.644. The van der Waals surface area contributed by atoms with Gasteiger partial charge in [0.15, 0.2) is 6.61 Å². The number of ether oxygens (including phenoxy) is 1. The molecule has 0 bridgehead atoms. The first-order valence-corrected chi connectivity index (χ1v) is 9.20. The Balaban J connectivity index is 1.70. The standard InChI is InChI=1S/C17H16N2O4S2/c1-9-4-5-13(24-9)12(20)7-23-14(21)6-19-8-18-16-15(17(19)22)10(2)11(3)25-16/h4-5,8H,6-7H2,1-3H3. The van der Waals surface area contributed by atoms with E-state index in [4.69, 9.17) is 4.74 Å². The molecular weight excluding hydrogens is 360 g/mol. The second-order valence-corrected chi connectivity index (χ2v) is 8.13. The number of hydrogen-bond acceptors (Lipinski definition) is 7. The molecule has 3 aromatic rings. The predicted molar refractivity (Wildman–Crippen MR) is 97.7 cm³/mol. The lowest BCUT2D eigenvalue weighted by atomic mass is 10.2. The van der Waals surface area contributed by atoms with E-state index in [1.165, 1.54) is 33.6 Å². The summed E-state index contributed by atoms with van der Waals surface area (Å²) in [6, 6.07) is 3.55. The summed E-state index contributed by atoms with van der Waals surface area (Å²) in [5.74, 6) is -0.897. The molecule has 0 atom stereocenters. The number of carbonyl (C=O) groups excluding carboxylic acids is 2.